The topological polar surface area (TPSA) is 46.5 Å². The van der Waals surface area contributed by atoms with Crippen molar-refractivity contribution in [2.75, 3.05) is 7.11 Å². The molecule has 1 atom stereocenters. The van der Waals surface area contributed by atoms with Gasteiger partial charge < -0.3 is 9.84 Å². The molecule has 18 heavy (non-hydrogen) atoms. The molecule has 2 rings (SSSR count). The molecule has 0 unspecified atom stereocenters. The van der Waals surface area contributed by atoms with Gasteiger partial charge in [0.1, 0.15) is 11.3 Å². The van der Waals surface area contributed by atoms with Crippen molar-refractivity contribution in [3.8, 4) is 5.75 Å². The standard InChI is InChI=1S/C15H16O3/c1-10-4-3-5-11(8-10)12-6-7-14(16)13(9-12)15(17)18-2/h3,5-9,11,16H,4H2,1-2H3/t11-/m1/s1. The van der Waals surface area contributed by atoms with Crippen LogP contribution in [0.5, 0.6) is 5.75 Å². The van der Waals surface area contributed by atoms with Crippen LogP contribution in [0.1, 0.15) is 35.2 Å². The van der Waals surface area contributed by atoms with Gasteiger partial charge >= 0.3 is 5.97 Å². The van der Waals surface area contributed by atoms with E-state index in [-0.39, 0.29) is 17.2 Å². The first-order valence-corrected chi connectivity index (χ1v) is 5.87. The van der Waals surface area contributed by atoms with E-state index in [0.717, 1.165) is 12.0 Å². The van der Waals surface area contributed by atoms with Crippen LogP contribution in [0.2, 0.25) is 0 Å². The van der Waals surface area contributed by atoms with Gasteiger partial charge in [0, 0.05) is 5.92 Å². The van der Waals surface area contributed by atoms with Gasteiger partial charge in [0.25, 0.3) is 0 Å². The zero-order valence-corrected chi connectivity index (χ0v) is 10.5. The molecular formula is C15H16O3. The number of benzene rings is 1. The highest BCUT2D eigenvalue weighted by Gasteiger charge is 2.15. The molecule has 1 N–H and O–H groups in total. The summed E-state index contributed by atoms with van der Waals surface area (Å²) in [7, 11) is 1.30. The molecule has 1 aromatic carbocycles. The maximum atomic E-state index is 11.5. The fraction of sp³-hybridized carbons (Fsp3) is 0.267. The largest absolute Gasteiger partial charge is 0.507 e. The molecule has 0 saturated heterocycles. The van der Waals surface area contributed by atoms with Crippen molar-refractivity contribution in [3.63, 3.8) is 0 Å². The Kier molecular flexibility index (Phi) is 3.51. The van der Waals surface area contributed by atoms with Gasteiger partial charge in [-0.25, -0.2) is 4.79 Å². The SMILES string of the molecule is COC(=O)c1cc([C@@H]2C=CCC(C)=C2)ccc1O. The van der Waals surface area contributed by atoms with E-state index in [9.17, 15) is 9.90 Å². The molecule has 0 heterocycles. The van der Waals surface area contributed by atoms with Crippen molar-refractivity contribution >= 4 is 5.97 Å². The number of phenolic OH excluding ortho intramolecular Hbond substituents is 1. The van der Waals surface area contributed by atoms with E-state index in [1.165, 1.54) is 18.7 Å². The fourth-order valence-corrected chi connectivity index (χ4v) is 2.07. The summed E-state index contributed by atoms with van der Waals surface area (Å²) < 4.78 is 4.65. The predicted molar refractivity (Wildman–Crippen MR) is 69.7 cm³/mol. The summed E-state index contributed by atoms with van der Waals surface area (Å²) in [6.45, 7) is 2.08. The van der Waals surface area contributed by atoms with Crippen LogP contribution >= 0.6 is 0 Å². The number of esters is 1. The van der Waals surface area contributed by atoms with E-state index in [2.05, 4.69) is 29.9 Å². The lowest BCUT2D eigenvalue weighted by atomic mass is 9.90. The third-order valence-electron chi connectivity index (χ3n) is 3.06. The Morgan fingerprint density at radius 3 is 2.89 bits per heavy atom. The minimum atomic E-state index is -0.519. The Morgan fingerprint density at radius 1 is 1.44 bits per heavy atom. The van der Waals surface area contributed by atoms with Gasteiger partial charge in [0.05, 0.1) is 7.11 Å². The molecule has 3 nitrogen and oxygen atoms in total. The molecule has 1 aliphatic rings. The van der Waals surface area contributed by atoms with Gasteiger partial charge in [-0.05, 0) is 31.0 Å². The lowest BCUT2D eigenvalue weighted by Crippen LogP contribution is -2.04. The van der Waals surface area contributed by atoms with Crippen LogP contribution in [-0.2, 0) is 4.74 Å². The first-order chi connectivity index (χ1) is 8.61. The van der Waals surface area contributed by atoms with E-state index in [4.69, 9.17) is 0 Å². The highest BCUT2D eigenvalue weighted by molar-refractivity contribution is 5.92. The van der Waals surface area contributed by atoms with Crippen molar-refractivity contribution in [2.24, 2.45) is 0 Å². The van der Waals surface area contributed by atoms with E-state index in [1.807, 2.05) is 6.07 Å². The minimum absolute atomic E-state index is 0.0499. The number of methoxy groups -OCH3 is 1. The molecule has 3 heteroatoms. The van der Waals surface area contributed by atoms with Gasteiger partial charge in [-0.15, -0.1) is 0 Å². The third kappa shape index (κ3) is 2.45. The summed E-state index contributed by atoms with van der Waals surface area (Å²) >= 11 is 0. The summed E-state index contributed by atoms with van der Waals surface area (Å²) in [6.07, 6.45) is 7.34. The Morgan fingerprint density at radius 2 is 2.22 bits per heavy atom. The number of allylic oxidation sites excluding steroid dienone is 4. The zero-order chi connectivity index (χ0) is 13.1. The van der Waals surface area contributed by atoms with Crippen molar-refractivity contribution < 1.29 is 14.6 Å². The number of hydrogen-bond acceptors (Lipinski definition) is 3. The maximum absolute atomic E-state index is 11.5. The summed E-state index contributed by atoms with van der Waals surface area (Å²) in [5.41, 5.74) is 2.48. The van der Waals surface area contributed by atoms with E-state index < -0.39 is 5.97 Å². The number of carbonyl (C=O) groups is 1. The maximum Gasteiger partial charge on any atom is 0.341 e. The van der Waals surface area contributed by atoms with Crippen molar-refractivity contribution in [1.82, 2.24) is 0 Å². The molecule has 0 bridgehead atoms. The first kappa shape index (κ1) is 12.4. The smallest absolute Gasteiger partial charge is 0.341 e. The van der Waals surface area contributed by atoms with Crippen LogP contribution in [-0.4, -0.2) is 18.2 Å². The summed E-state index contributed by atoms with van der Waals surface area (Å²) in [4.78, 5) is 11.5. The molecule has 0 radical (unpaired) electrons. The minimum Gasteiger partial charge on any atom is -0.507 e. The second-order valence-corrected chi connectivity index (χ2v) is 4.44. The molecule has 0 amide bonds. The van der Waals surface area contributed by atoms with Crippen LogP contribution in [0, 0.1) is 0 Å². The van der Waals surface area contributed by atoms with E-state index >= 15 is 0 Å². The number of hydrogen-bond donors (Lipinski definition) is 1. The Balaban J connectivity index is 2.38. The van der Waals surface area contributed by atoms with Crippen LogP contribution in [0.25, 0.3) is 0 Å². The molecule has 0 spiro atoms. The van der Waals surface area contributed by atoms with Gasteiger partial charge in [0.15, 0.2) is 0 Å². The quantitative estimate of drug-likeness (QED) is 0.642. The first-order valence-electron chi connectivity index (χ1n) is 5.87. The highest BCUT2D eigenvalue weighted by Crippen LogP contribution is 2.29. The molecular weight excluding hydrogens is 228 g/mol. The molecule has 0 fully saturated rings. The summed E-state index contributed by atoms with van der Waals surface area (Å²) in [5.74, 6) is -0.413. The monoisotopic (exact) mass is 244 g/mol. The molecule has 0 aliphatic heterocycles. The van der Waals surface area contributed by atoms with Crippen molar-refractivity contribution in [3.05, 3.63) is 53.1 Å². The Hall–Kier alpha value is -2.03. The average molecular weight is 244 g/mol. The lowest BCUT2D eigenvalue weighted by Gasteiger charge is -2.15. The second-order valence-electron chi connectivity index (χ2n) is 4.44. The molecule has 0 saturated carbocycles. The number of carbonyl (C=O) groups excluding carboxylic acids is 1. The molecule has 1 aromatic rings. The summed E-state index contributed by atoms with van der Waals surface area (Å²) in [6, 6.07) is 5.05. The fourth-order valence-electron chi connectivity index (χ4n) is 2.07. The van der Waals surface area contributed by atoms with E-state index in [1.54, 1.807) is 6.07 Å². The number of ether oxygens (including phenoxy) is 1. The Labute approximate surface area is 106 Å². The summed E-state index contributed by atoms with van der Waals surface area (Å²) in [5, 5.41) is 9.65. The van der Waals surface area contributed by atoms with Gasteiger partial charge in [-0.2, -0.15) is 0 Å². The Bertz CT molecular complexity index is 527. The molecule has 94 valence electrons. The second kappa shape index (κ2) is 5.08. The van der Waals surface area contributed by atoms with Crippen LogP contribution in [0.4, 0.5) is 0 Å². The predicted octanol–water partition coefficient (Wildman–Crippen LogP) is 3.17. The third-order valence-corrected chi connectivity index (χ3v) is 3.06. The van der Waals surface area contributed by atoms with Crippen LogP contribution in [0.15, 0.2) is 42.0 Å². The van der Waals surface area contributed by atoms with Gasteiger partial charge in [-0.3, -0.25) is 0 Å². The van der Waals surface area contributed by atoms with Crippen molar-refractivity contribution in [1.29, 1.82) is 0 Å². The lowest BCUT2D eigenvalue weighted by molar-refractivity contribution is 0.0597. The van der Waals surface area contributed by atoms with Gasteiger partial charge in [-0.1, -0.05) is 29.9 Å². The number of rotatable bonds is 2. The van der Waals surface area contributed by atoms with Crippen LogP contribution in [0.3, 0.4) is 0 Å². The highest BCUT2D eigenvalue weighted by atomic mass is 16.5. The number of aromatic hydroxyl groups is 1. The normalized spacial score (nSPS) is 18.3. The average Bonchev–Trinajstić information content (AvgIpc) is 2.38. The number of phenols is 1. The molecule has 0 aromatic heterocycles. The van der Waals surface area contributed by atoms with Crippen molar-refractivity contribution in [2.45, 2.75) is 19.3 Å². The molecule has 1 aliphatic carbocycles. The van der Waals surface area contributed by atoms with Gasteiger partial charge in [0.2, 0.25) is 0 Å². The van der Waals surface area contributed by atoms with E-state index in [0.29, 0.717) is 0 Å². The van der Waals surface area contributed by atoms with Crippen LogP contribution < -0.4 is 0 Å². The zero-order valence-electron chi connectivity index (χ0n) is 10.5.